The average Bonchev–Trinajstić information content (AvgIpc) is 3.11. The highest BCUT2D eigenvalue weighted by atomic mass is 16.5. The van der Waals surface area contributed by atoms with Crippen molar-refractivity contribution in [3.05, 3.63) is 35.9 Å². The van der Waals surface area contributed by atoms with Gasteiger partial charge in [0.05, 0.1) is 19.1 Å². The molecule has 160 valence electrons. The number of methoxy groups -OCH3 is 1. The molecule has 1 N–H and O–H groups in total. The normalized spacial score (nSPS) is 19.9. The Bertz CT molecular complexity index is 720. The number of carbonyl (C=O) groups excluding carboxylic acids is 3. The van der Waals surface area contributed by atoms with E-state index < -0.39 is 24.1 Å². The van der Waals surface area contributed by atoms with Crippen LogP contribution in [-0.4, -0.2) is 60.5 Å². The molecule has 3 atom stereocenters. The van der Waals surface area contributed by atoms with Crippen molar-refractivity contribution in [2.24, 2.45) is 11.8 Å². The lowest BCUT2D eigenvalue weighted by Gasteiger charge is -2.34. The van der Waals surface area contributed by atoms with Crippen molar-refractivity contribution < 1.29 is 19.1 Å². The van der Waals surface area contributed by atoms with Crippen molar-refractivity contribution in [1.82, 2.24) is 15.1 Å². The number of nitrogens with zero attached hydrogens (tertiary/aromatic N) is 2. The average molecular weight is 404 g/mol. The van der Waals surface area contributed by atoms with Gasteiger partial charge in [0.1, 0.15) is 6.04 Å². The third-order valence-corrected chi connectivity index (χ3v) is 5.36. The number of nitrogens with one attached hydrogen (secondary N) is 1. The van der Waals surface area contributed by atoms with Gasteiger partial charge in [0, 0.05) is 19.6 Å². The SMILES string of the molecule is COC(=O)N1CCC(C(=O)N(C)C(C(=O)NC(C)C)C(C)C)C1c1ccccc1. The van der Waals surface area contributed by atoms with Crippen LogP contribution in [0.4, 0.5) is 4.79 Å². The first kappa shape index (κ1) is 22.7. The number of amides is 3. The van der Waals surface area contributed by atoms with Crippen LogP contribution in [-0.2, 0) is 14.3 Å². The maximum atomic E-state index is 13.5. The fourth-order valence-corrected chi connectivity index (χ4v) is 4.13. The standard InChI is InChI=1S/C22H33N3O4/c1-14(2)18(20(26)23-15(3)4)24(5)21(27)17-12-13-25(22(28)29-6)19(17)16-10-8-7-9-11-16/h7-11,14-15,17-19H,12-13H2,1-6H3,(H,23,26). The van der Waals surface area contributed by atoms with Crippen molar-refractivity contribution in [3.8, 4) is 0 Å². The second kappa shape index (κ2) is 9.76. The summed E-state index contributed by atoms with van der Waals surface area (Å²) in [7, 11) is 3.02. The molecule has 1 aliphatic heterocycles. The minimum atomic E-state index is -0.575. The van der Waals surface area contributed by atoms with Gasteiger partial charge in [-0.1, -0.05) is 44.2 Å². The lowest BCUT2D eigenvalue weighted by molar-refractivity contribution is -0.144. The van der Waals surface area contributed by atoms with E-state index in [9.17, 15) is 14.4 Å². The largest absolute Gasteiger partial charge is 0.453 e. The fraction of sp³-hybridized carbons (Fsp3) is 0.591. The molecule has 0 spiro atoms. The molecule has 1 aromatic carbocycles. The van der Waals surface area contributed by atoms with E-state index in [1.165, 1.54) is 7.11 Å². The first-order valence-corrected chi connectivity index (χ1v) is 10.2. The smallest absolute Gasteiger partial charge is 0.410 e. The monoisotopic (exact) mass is 403 g/mol. The molecule has 0 radical (unpaired) electrons. The topological polar surface area (TPSA) is 79.0 Å². The number of carbonyl (C=O) groups is 3. The van der Waals surface area contributed by atoms with Crippen LogP contribution in [0.5, 0.6) is 0 Å². The first-order valence-electron chi connectivity index (χ1n) is 10.2. The number of likely N-dealkylation sites (N-methyl/N-ethyl adjacent to an activating group) is 1. The molecule has 1 heterocycles. The van der Waals surface area contributed by atoms with Gasteiger partial charge in [0.15, 0.2) is 0 Å². The van der Waals surface area contributed by atoms with Crippen LogP contribution < -0.4 is 5.32 Å². The quantitative estimate of drug-likeness (QED) is 0.792. The Morgan fingerprint density at radius 1 is 1.14 bits per heavy atom. The maximum absolute atomic E-state index is 13.5. The van der Waals surface area contributed by atoms with Gasteiger partial charge in [-0.05, 0) is 31.7 Å². The molecule has 3 amide bonds. The molecule has 0 aliphatic carbocycles. The number of benzene rings is 1. The summed E-state index contributed by atoms with van der Waals surface area (Å²) >= 11 is 0. The van der Waals surface area contributed by atoms with Crippen LogP contribution >= 0.6 is 0 Å². The van der Waals surface area contributed by atoms with Crippen LogP contribution in [0.1, 0.15) is 45.7 Å². The zero-order valence-electron chi connectivity index (χ0n) is 18.2. The highest BCUT2D eigenvalue weighted by Crippen LogP contribution is 2.39. The van der Waals surface area contributed by atoms with Gasteiger partial charge in [-0.25, -0.2) is 4.79 Å². The van der Waals surface area contributed by atoms with Gasteiger partial charge in [0.2, 0.25) is 11.8 Å². The summed E-state index contributed by atoms with van der Waals surface area (Å²) in [5.74, 6) is -0.779. The first-order chi connectivity index (χ1) is 13.7. The molecule has 7 nitrogen and oxygen atoms in total. The molecule has 1 saturated heterocycles. The molecule has 29 heavy (non-hydrogen) atoms. The molecule has 3 unspecified atom stereocenters. The fourth-order valence-electron chi connectivity index (χ4n) is 4.13. The number of hydrogen-bond acceptors (Lipinski definition) is 4. The third-order valence-electron chi connectivity index (χ3n) is 5.36. The Kier molecular flexibility index (Phi) is 7.65. The van der Waals surface area contributed by atoms with E-state index in [2.05, 4.69) is 5.32 Å². The van der Waals surface area contributed by atoms with E-state index >= 15 is 0 Å². The summed E-state index contributed by atoms with van der Waals surface area (Å²) in [4.78, 5) is 41.7. The lowest BCUT2D eigenvalue weighted by Crippen LogP contribution is -2.53. The second-order valence-electron chi connectivity index (χ2n) is 8.22. The predicted octanol–water partition coefficient (Wildman–Crippen LogP) is 2.82. The van der Waals surface area contributed by atoms with Crippen molar-refractivity contribution in [1.29, 1.82) is 0 Å². The van der Waals surface area contributed by atoms with Crippen LogP contribution in [0.25, 0.3) is 0 Å². The molecular formula is C22H33N3O4. The van der Waals surface area contributed by atoms with Gasteiger partial charge in [-0.3, -0.25) is 9.59 Å². The maximum Gasteiger partial charge on any atom is 0.410 e. The van der Waals surface area contributed by atoms with E-state index in [1.807, 2.05) is 58.0 Å². The summed E-state index contributed by atoms with van der Waals surface area (Å²) in [5.41, 5.74) is 0.884. The molecule has 0 bridgehead atoms. The molecule has 1 aliphatic rings. The number of rotatable bonds is 6. The second-order valence-corrected chi connectivity index (χ2v) is 8.22. The highest BCUT2D eigenvalue weighted by Gasteiger charge is 2.45. The van der Waals surface area contributed by atoms with Crippen molar-refractivity contribution in [2.45, 2.75) is 52.2 Å². The molecule has 1 aromatic rings. The van der Waals surface area contributed by atoms with Crippen LogP contribution in [0.2, 0.25) is 0 Å². The van der Waals surface area contributed by atoms with Gasteiger partial charge < -0.3 is 19.9 Å². The molecule has 0 aromatic heterocycles. The van der Waals surface area contributed by atoms with E-state index in [4.69, 9.17) is 4.74 Å². The summed E-state index contributed by atoms with van der Waals surface area (Å²) in [6, 6.07) is 8.51. The van der Waals surface area contributed by atoms with E-state index in [-0.39, 0.29) is 23.8 Å². The van der Waals surface area contributed by atoms with Crippen molar-refractivity contribution in [3.63, 3.8) is 0 Å². The van der Waals surface area contributed by atoms with Gasteiger partial charge >= 0.3 is 6.09 Å². The predicted molar refractivity (Wildman–Crippen MR) is 111 cm³/mol. The summed E-state index contributed by atoms with van der Waals surface area (Å²) in [5, 5.41) is 2.91. The van der Waals surface area contributed by atoms with Gasteiger partial charge in [-0.15, -0.1) is 0 Å². The van der Waals surface area contributed by atoms with E-state index in [1.54, 1.807) is 16.8 Å². The van der Waals surface area contributed by atoms with Gasteiger partial charge in [-0.2, -0.15) is 0 Å². The minimum Gasteiger partial charge on any atom is -0.453 e. The Labute approximate surface area is 173 Å². The molecular weight excluding hydrogens is 370 g/mol. The number of ether oxygens (including phenoxy) is 1. The highest BCUT2D eigenvalue weighted by molar-refractivity contribution is 5.89. The van der Waals surface area contributed by atoms with E-state index in [0.717, 1.165) is 5.56 Å². The molecule has 0 saturated carbocycles. The number of hydrogen-bond donors (Lipinski definition) is 1. The van der Waals surface area contributed by atoms with Crippen molar-refractivity contribution in [2.75, 3.05) is 20.7 Å². The third kappa shape index (κ3) is 5.08. The summed E-state index contributed by atoms with van der Waals surface area (Å²) in [6.45, 7) is 8.08. The summed E-state index contributed by atoms with van der Waals surface area (Å²) in [6.07, 6.45) is 0.0730. The Morgan fingerprint density at radius 3 is 2.28 bits per heavy atom. The molecule has 1 fully saturated rings. The van der Waals surface area contributed by atoms with Gasteiger partial charge in [0.25, 0.3) is 0 Å². The molecule has 2 rings (SSSR count). The van der Waals surface area contributed by atoms with Crippen LogP contribution in [0, 0.1) is 11.8 Å². The summed E-state index contributed by atoms with van der Waals surface area (Å²) < 4.78 is 4.94. The van der Waals surface area contributed by atoms with E-state index in [0.29, 0.717) is 13.0 Å². The zero-order chi connectivity index (χ0) is 21.7. The Morgan fingerprint density at radius 2 is 1.76 bits per heavy atom. The van der Waals surface area contributed by atoms with Crippen LogP contribution in [0.15, 0.2) is 30.3 Å². The van der Waals surface area contributed by atoms with Crippen molar-refractivity contribution >= 4 is 17.9 Å². The minimum absolute atomic E-state index is 0.00869. The molecule has 7 heteroatoms. The Balaban J connectivity index is 2.33. The van der Waals surface area contributed by atoms with Crippen LogP contribution in [0.3, 0.4) is 0 Å². The Hall–Kier alpha value is -2.57. The lowest BCUT2D eigenvalue weighted by atomic mass is 9.91. The zero-order valence-corrected chi connectivity index (χ0v) is 18.2. The number of likely N-dealkylation sites (tertiary alicyclic amines) is 1.